The molecule has 6 heteroatoms. The average Bonchev–Trinajstić information content (AvgIpc) is 2.60. The maximum Gasteiger partial charge on any atom is 0.288 e. The molecule has 24 heavy (non-hydrogen) atoms. The van der Waals surface area contributed by atoms with Crippen LogP contribution in [0.5, 0.6) is 0 Å². The van der Waals surface area contributed by atoms with Crippen LogP contribution in [0.15, 0.2) is 60.7 Å². The maximum atomic E-state index is 12.6. The second-order valence-corrected chi connectivity index (χ2v) is 5.73. The molecule has 0 aromatic heterocycles. The number of hydrogen-bond acceptors (Lipinski definition) is 3. The minimum absolute atomic E-state index is 0.00454. The first kappa shape index (κ1) is 16.0. The highest BCUT2D eigenvalue weighted by Crippen LogP contribution is 2.27. The highest BCUT2D eigenvalue weighted by molar-refractivity contribution is 6.32. The molecule has 5 nitrogen and oxygen atoms in total. The number of nitro groups is 1. The van der Waals surface area contributed by atoms with Gasteiger partial charge in [0.25, 0.3) is 11.6 Å². The van der Waals surface area contributed by atoms with Crippen molar-refractivity contribution in [3.05, 3.63) is 81.4 Å². The standard InChI is InChI=1S/C18H13ClN2O3/c1-20(15-8-6-12-4-2-3-5-13(12)10-15)18(22)14-7-9-16(19)17(11-14)21(23)24/h2-11H,1H3. The van der Waals surface area contributed by atoms with Gasteiger partial charge in [-0.15, -0.1) is 0 Å². The molecule has 120 valence electrons. The lowest BCUT2D eigenvalue weighted by Crippen LogP contribution is -2.26. The molecule has 0 radical (unpaired) electrons. The predicted molar refractivity (Wildman–Crippen MR) is 94.8 cm³/mol. The van der Waals surface area contributed by atoms with Crippen LogP contribution in [0.4, 0.5) is 11.4 Å². The van der Waals surface area contributed by atoms with Gasteiger partial charge < -0.3 is 4.90 Å². The number of halogens is 1. The van der Waals surface area contributed by atoms with Gasteiger partial charge in [0.15, 0.2) is 0 Å². The topological polar surface area (TPSA) is 63.5 Å². The van der Waals surface area contributed by atoms with E-state index in [1.54, 1.807) is 7.05 Å². The van der Waals surface area contributed by atoms with E-state index in [0.29, 0.717) is 5.69 Å². The number of rotatable bonds is 3. The third-order valence-corrected chi connectivity index (χ3v) is 4.13. The van der Waals surface area contributed by atoms with Crippen molar-refractivity contribution in [3.8, 4) is 0 Å². The van der Waals surface area contributed by atoms with Gasteiger partial charge in [-0.2, -0.15) is 0 Å². The Morgan fingerprint density at radius 3 is 2.46 bits per heavy atom. The van der Waals surface area contributed by atoms with E-state index in [4.69, 9.17) is 11.6 Å². The van der Waals surface area contributed by atoms with Crippen molar-refractivity contribution >= 4 is 39.7 Å². The van der Waals surface area contributed by atoms with Crippen molar-refractivity contribution in [1.82, 2.24) is 0 Å². The molecule has 0 bridgehead atoms. The lowest BCUT2D eigenvalue weighted by molar-refractivity contribution is -0.384. The molecular weight excluding hydrogens is 328 g/mol. The normalized spacial score (nSPS) is 10.6. The lowest BCUT2D eigenvalue weighted by atomic mass is 10.1. The average molecular weight is 341 g/mol. The molecule has 0 saturated heterocycles. The number of anilines is 1. The van der Waals surface area contributed by atoms with E-state index >= 15 is 0 Å². The Kier molecular flexibility index (Phi) is 4.18. The summed E-state index contributed by atoms with van der Waals surface area (Å²) in [6.45, 7) is 0. The lowest BCUT2D eigenvalue weighted by Gasteiger charge is -2.18. The molecule has 3 aromatic carbocycles. The minimum Gasteiger partial charge on any atom is -0.311 e. The van der Waals surface area contributed by atoms with Crippen LogP contribution in [0.1, 0.15) is 10.4 Å². The summed E-state index contributed by atoms with van der Waals surface area (Å²) in [6, 6.07) is 17.5. The zero-order chi connectivity index (χ0) is 17.3. The van der Waals surface area contributed by atoms with E-state index in [0.717, 1.165) is 10.8 Å². The fourth-order valence-corrected chi connectivity index (χ4v) is 2.67. The summed E-state index contributed by atoms with van der Waals surface area (Å²) in [5, 5.41) is 13.1. The molecule has 0 fully saturated rings. The summed E-state index contributed by atoms with van der Waals surface area (Å²) in [7, 11) is 1.63. The molecule has 0 unspecified atom stereocenters. The Balaban J connectivity index is 1.96. The Labute approximate surface area is 143 Å². The summed E-state index contributed by atoms with van der Waals surface area (Å²) in [5.41, 5.74) is 0.632. The quantitative estimate of drug-likeness (QED) is 0.513. The van der Waals surface area contributed by atoms with E-state index in [1.165, 1.54) is 23.1 Å². The molecule has 0 N–H and O–H groups in total. The molecule has 3 rings (SSSR count). The van der Waals surface area contributed by atoms with Crippen molar-refractivity contribution in [3.63, 3.8) is 0 Å². The third kappa shape index (κ3) is 2.94. The maximum absolute atomic E-state index is 12.6. The third-order valence-electron chi connectivity index (χ3n) is 3.81. The first-order valence-corrected chi connectivity index (χ1v) is 7.56. The number of benzene rings is 3. The highest BCUT2D eigenvalue weighted by Gasteiger charge is 2.19. The van der Waals surface area contributed by atoms with E-state index in [9.17, 15) is 14.9 Å². The van der Waals surface area contributed by atoms with Crippen LogP contribution in [0.3, 0.4) is 0 Å². The molecule has 1 amide bonds. The Bertz CT molecular complexity index is 956. The summed E-state index contributed by atoms with van der Waals surface area (Å²) in [6.07, 6.45) is 0. The van der Waals surface area contributed by atoms with Crippen LogP contribution in [0.25, 0.3) is 10.8 Å². The van der Waals surface area contributed by atoms with E-state index in [1.807, 2.05) is 42.5 Å². The monoisotopic (exact) mass is 340 g/mol. The van der Waals surface area contributed by atoms with Gasteiger partial charge in [-0.25, -0.2) is 0 Å². The van der Waals surface area contributed by atoms with Crippen molar-refractivity contribution in [2.45, 2.75) is 0 Å². The molecular formula is C18H13ClN2O3. The van der Waals surface area contributed by atoms with Crippen LogP contribution in [0, 0.1) is 10.1 Å². The smallest absolute Gasteiger partial charge is 0.288 e. The summed E-state index contributed by atoms with van der Waals surface area (Å²) >= 11 is 5.79. The van der Waals surface area contributed by atoms with Gasteiger partial charge in [-0.05, 0) is 35.0 Å². The van der Waals surface area contributed by atoms with Gasteiger partial charge in [0.1, 0.15) is 5.02 Å². The second-order valence-electron chi connectivity index (χ2n) is 5.32. The van der Waals surface area contributed by atoms with Gasteiger partial charge in [-0.3, -0.25) is 14.9 Å². The molecule has 0 aliphatic rings. The van der Waals surface area contributed by atoms with Crippen LogP contribution in [0.2, 0.25) is 5.02 Å². The van der Waals surface area contributed by atoms with Crippen molar-refractivity contribution in [1.29, 1.82) is 0 Å². The van der Waals surface area contributed by atoms with Crippen LogP contribution in [-0.2, 0) is 0 Å². The van der Waals surface area contributed by atoms with Gasteiger partial charge in [-0.1, -0.05) is 41.9 Å². The Morgan fingerprint density at radius 1 is 1.04 bits per heavy atom. The zero-order valence-corrected chi connectivity index (χ0v) is 13.5. The van der Waals surface area contributed by atoms with Crippen molar-refractivity contribution in [2.75, 3.05) is 11.9 Å². The number of hydrogen-bond donors (Lipinski definition) is 0. The SMILES string of the molecule is CN(C(=O)c1ccc(Cl)c([N+](=O)[O-])c1)c1ccc2ccccc2c1. The fourth-order valence-electron chi connectivity index (χ4n) is 2.48. The molecule has 0 heterocycles. The summed E-state index contributed by atoms with van der Waals surface area (Å²) in [4.78, 5) is 24.5. The van der Waals surface area contributed by atoms with Crippen LogP contribution >= 0.6 is 11.6 Å². The number of amides is 1. The van der Waals surface area contributed by atoms with Crippen molar-refractivity contribution < 1.29 is 9.72 Å². The molecule has 0 aliphatic carbocycles. The van der Waals surface area contributed by atoms with Gasteiger partial charge in [0.2, 0.25) is 0 Å². The predicted octanol–water partition coefficient (Wildman–Crippen LogP) is 4.68. The molecule has 0 spiro atoms. The zero-order valence-electron chi connectivity index (χ0n) is 12.8. The highest BCUT2D eigenvalue weighted by atomic mass is 35.5. The number of nitrogens with zero attached hydrogens (tertiary/aromatic N) is 2. The van der Waals surface area contributed by atoms with E-state index in [-0.39, 0.29) is 22.2 Å². The number of carbonyl (C=O) groups is 1. The van der Waals surface area contributed by atoms with Crippen molar-refractivity contribution in [2.24, 2.45) is 0 Å². The molecule has 3 aromatic rings. The second kappa shape index (κ2) is 6.29. The first-order chi connectivity index (χ1) is 11.5. The van der Waals surface area contributed by atoms with Crippen LogP contribution in [-0.4, -0.2) is 17.9 Å². The molecule has 0 atom stereocenters. The minimum atomic E-state index is -0.602. The Morgan fingerprint density at radius 2 is 1.75 bits per heavy atom. The molecule has 0 aliphatic heterocycles. The fraction of sp³-hybridized carbons (Fsp3) is 0.0556. The molecule has 0 saturated carbocycles. The largest absolute Gasteiger partial charge is 0.311 e. The number of carbonyl (C=O) groups excluding carboxylic acids is 1. The van der Waals surface area contributed by atoms with E-state index in [2.05, 4.69) is 0 Å². The summed E-state index contributed by atoms with van der Waals surface area (Å²) < 4.78 is 0. The van der Waals surface area contributed by atoms with Crippen LogP contribution < -0.4 is 4.90 Å². The number of nitro benzene ring substituents is 1. The van der Waals surface area contributed by atoms with E-state index < -0.39 is 4.92 Å². The number of fused-ring (bicyclic) bond motifs is 1. The van der Waals surface area contributed by atoms with Gasteiger partial charge >= 0.3 is 0 Å². The van der Waals surface area contributed by atoms with Gasteiger partial charge in [0, 0.05) is 24.4 Å². The first-order valence-electron chi connectivity index (χ1n) is 7.18. The summed E-state index contributed by atoms with van der Waals surface area (Å²) in [5.74, 6) is -0.343. The van der Waals surface area contributed by atoms with Gasteiger partial charge in [0.05, 0.1) is 4.92 Å². The Hall–Kier alpha value is -2.92.